The van der Waals surface area contributed by atoms with E-state index < -0.39 is 0 Å². The average molecular weight is 84.1 g/mol. The maximum Gasteiger partial charge on any atom is 0.253 e. The molecule has 4 heteroatoms. The summed E-state index contributed by atoms with van der Waals surface area (Å²) in [5.74, 6) is -0.130. The van der Waals surface area contributed by atoms with Crippen molar-refractivity contribution in [2.75, 3.05) is 0 Å². The molecule has 0 unspecified atom stereocenters. The van der Waals surface area contributed by atoms with Gasteiger partial charge in [0.1, 0.15) is 6.20 Å². The Morgan fingerprint density at radius 3 is 2.67 bits per heavy atom. The summed E-state index contributed by atoms with van der Waals surface area (Å²) < 4.78 is 0. The molecule has 0 saturated heterocycles. The topological polar surface area (TPSA) is 59.0 Å². The molecule has 0 aromatic carbocycles. The van der Waals surface area contributed by atoms with E-state index in [0.717, 1.165) is 0 Å². The minimum atomic E-state index is -0.130. The van der Waals surface area contributed by atoms with Gasteiger partial charge in [-0.05, 0) is 5.22 Å². The highest BCUT2D eigenvalue weighted by Crippen LogP contribution is 1.94. The van der Waals surface area contributed by atoms with E-state index in [4.69, 9.17) is 5.11 Å². The third-order valence-corrected chi connectivity index (χ3v) is 0.372. The quantitative estimate of drug-likeness (QED) is 0.451. The Morgan fingerprint density at radius 1 is 1.67 bits per heavy atom. The molecule has 1 radical (unpaired) electrons. The van der Waals surface area contributed by atoms with E-state index in [1.807, 2.05) is 0 Å². The molecule has 0 bridgehead atoms. The molecule has 0 aromatic rings. The van der Waals surface area contributed by atoms with Gasteiger partial charge in [-0.3, -0.25) is 0 Å². The van der Waals surface area contributed by atoms with Gasteiger partial charge in [0.05, 0.1) is 0 Å². The van der Waals surface area contributed by atoms with Crippen molar-refractivity contribution < 1.29 is 5.11 Å². The van der Waals surface area contributed by atoms with Gasteiger partial charge >= 0.3 is 0 Å². The Hall–Kier alpha value is -1.06. The van der Waals surface area contributed by atoms with Gasteiger partial charge in [-0.1, -0.05) is 5.11 Å². The summed E-state index contributed by atoms with van der Waals surface area (Å²) in [6, 6.07) is 0. The van der Waals surface area contributed by atoms with Crippen molar-refractivity contribution in [3.63, 3.8) is 0 Å². The molecule has 4 nitrogen and oxygen atoms in total. The molecule has 0 aliphatic carbocycles. The van der Waals surface area contributed by atoms with Crippen LogP contribution in [0.25, 0.3) is 0 Å². The lowest BCUT2D eigenvalue weighted by Crippen LogP contribution is -1.71. The molecule has 0 atom stereocenters. The Morgan fingerprint density at radius 2 is 2.50 bits per heavy atom. The fourth-order valence-electron chi connectivity index (χ4n) is 0.175. The molecule has 6 heavy (non-hydrogen) atoms. The highest BCUT2D eigenvalue weighted by Gasteiger charge is 1.92. The summed E-state index contributed by atoms with van der Waals surface area (Å²) in [5.41, 5.74) is 3.21. The average Bonchev–Trinajstić information content (AvgIpc) is 1.86. The minimum Gasteiger partial charge on any atom is -0.491 e. The molecule has 1 aliphatic rings. The molecule has 0 spiro atoms. The standard InChI is InChI=1S/C2H2N3O/c6-2-1-3-5-4-2/h1,6H. The van der Waals surface area contributed by atoms with E-state index in [1.54, 1.807) is 0 Å². The van der Waals surface area contributed by atoms with Crippen molar-refractivity contribution in [1.29, 1.82) is 0 Å². The van der Waals surface area contributed by atoms with Crippen LogP contribution in [0.5, 0.6) is 0 Å². The first-order chi connectivity index (χ1) is 2.89. The summed E-state index contributed by atoms with van der Waals surface area (Å²) >= 11 is 0. The van der Waals surface area contributed by atoms with Crippen molar-refractivity contribution >= 4 is 0 Å². The molecule has 31 valence electrons. The second-order valence-electron chi connectivity index (χ2n) is 0.792. The number of hydrogen-bond acceptors (Lipinski definition) is 3. The van der Waals surface area contributed by atoms with Gasteiger partial charge in [0.25, 0.3) is 5.88 Å². The zero-order valence-corrected chi connectivity index (χ0v) is 2.87. The van der Waals surface area contributed by atoms with Gasteiger partial charge in [0.2, 0.25) is 0 Å². The predicted octanol–water partition coefficient (Wildman–Crippen LogP) is 0.329. The third-order valence-electron chi connectivity index (χ3n) is 0.372. The fraction of sp³-hybridized carbons (Fsp3) is 0. The van der Waals surface area contributed by atoms with Crippen molar-refractivity contribution in [2.45, 2.75) is 0 Å². The summed E-state index contributed by atoms with van der Waals surface area (Å²) in [7, 11) is 0. The van der Waals surface area contributed by atoms with E-state index in [-0.39, 0.29) is 5.88 Å². The number of hydrogen-bond donors (Lipinski definition) is 1. The first-order valence-corrected chi connectivity index (χ1v) is 1.39. The molecule has 1 heterocycles. The summed E-state index contributed by atoms with van der Waals surface area (Å²) in [6.45, 7) is 0. The number of nitrogens with zero attached hydrogens (tertiary/aromatic N) is 3. The SMILES string of the molecule is OC1=C[N]N=N1. The number of rotatable bonds is 0. The zero-order valence-electron chi connectivity index (χ0n) is 2.87. The van der Waals surface area contributed by atoms with Crippen molar-refractivity contribution in [3.05, 3.63) is 12.1 Å². The molecule has 1 aliphatic heterocycles. The molecule has 1 N–H and O–H groups in total. The fourth-order valence-corrected chi connectivity index (χ4v) is 0.175. The van der Waals surface area contributed by atoms with Crippen LogP contribution in [0.2, 0.25) is 0 Å². The Labute approximate surface area is 34.2 Å². The normalized spacial score (nSPS) is 17.0. The van der Waals surface area contributed by atoms with Gasteiger partial charge in [0, 0.05) is 0 Å². The van der Waals surface area contributed by atoms with Gasteiger partial charge in [-0.15, -0.1) is 5.43 Å². The lowest BCUT2D eigenvalue weighted by atomic mass is 10.9. The third kappa shape index (κ3) is 0.314. The molecule has 0 saturated carbocycles. The summed E-state index contributed by atoms with van der Waals surface area (Å²) in [4.78, 5) is 0. The smallest absolute Gasteiger partial charge is 0.253 e. The largest absolute Gasteiger partial charge is 0.491 e. The molecule has 0 aromatic heterocycles. The van der Waals surface area contributed by atoms with E-state index in [2.05, 4.69) is 15.8 Å². The van der Waals surface area contributed by atoms with Crippen molar-refractivity contribution in [2.24, 2.45) is 10.3 Å². The van der Waals surface area contributed by atoms with E-state index in [9.17, 15) is 0 Å². The van der Waals surface area contributed by atoms with Crippen LogP contribution in [0.4, 0.5) is 0 Å². The molecule has 0 amide bonds. The van der Waals surface area contributed by atoms with Crippen molar-refractivity contribution in [3.8, 4) is 0 Å². The Kier molecular flexibility index (Phi) is 0.506. The van der Waals surface area contributed by atoms with E-state index in [0.29, 0.717) is 0 Å². The number of aliphatic hydroxyl groups is 1. The monoisotopic (exact) mass is 84.0 g/mol. The maximum absolute atomic E-state index is 8.24. The van der Waals surface area contributed by atoms with Gasteiger partial charge in [0.15, 0.2) is 0 Å². The van der Waals surface area contributed by atoms with Crippen LogP contribution in [-0.2, 0) is 0 Å². The van der Waals surface area contributed by atoms with E-state index >= 15 is 0 Å². The lowest BCUT2D eigenvalue weighted by molar-refractivity contribution is 0.405. The second kappa shape index (κ2) is 0.965. The summed E-state index contributed by atoms with van der Waals surface area (Å²) in [5, 5.41) is 14.4. The Bertz CT molecular complexity index is 103. The Balaban J connectivity index is 2.68. The van der Waals surface area contributed by atoms with Crippen molar-refractivity contribution in [1.82, 2.24) is 5.43 Å². The number of aliphatic hydroxyl groups excluding tert-OH is 1. The van der Waals surface area contributed by atoms with Crippen LogP contribution < -0.4 is 5.43 Å². The molecule has 1 rings (SSSR count). The van der Waals surface area contributed by atoms with Crippen LogP contribution >= 0.6 is 0 Å². The second-order valence-corrected chi connectivity index (χ2v) is 0.792. The first-order valence-electron chi connectivity index (χ1n) is 1.39. The zero-order chi connectivity index (χ0) is 4.41. The maximum atomic E-state index is 8.24. The van der Waals surface area contributed by atoms with Crippen LogP contribution in [0.15, 0.2) is 22.4 Å². The van der Waals surface area contributed by atoms with Gasteiger partial charge in [-0.25, -0.2) is 0 Å². The van der Waals surface area contributed by atoms with Crippen LogP contribution in [0.3, 0.4) is 0 Å². The van der Waals surface area contributed by atoms with Crippen LogP contribution in [0.1, 0.15) is 0 Å². The van der Waals surface area contributed by atoms with Crippen LogP contribution in [0, 0.1) is 0 Å². The van der Waals surface area contributed by atoms with E-state index in [1.165, 1.54) is 6.20 Å². The summed E-state index contributed by atoms with van der Waals surface area (Å²) in [6.07, 6.45) is 1.17. The predicted molar refractivity (Wildman–Crippen MR) is 17.7 cm³/mol. The molecular weight excluding hydrogens is 82.0 g/mol. The lowest BCUT2D eigenvalue weighted by Gasteiger charge is -1.67. The molecular formula is C2H2N3O. The van der Waals surface area contributed by atoms with Gasteiger partial charge in [-0.2, -0.15) is 0 Å². The first kappa shape index (κ1) is 3.14. The highest BCUT2D eigenvalue weighted by molar-refractivity contribution is 4.86. The van der Waals surface area contributed by atoms with Gasteiger partial charge < -0.3 is 5.11 Å². The minimum absolute atomic E-state index is 0.130. The molecule has 0 fully saturated rings. The van der Waals surface area contributed by atoms with Crippen LogP contribution in [-0.4, -0.2) is 5.11 Å². The highest BCUT2D eigenvalue weighted by atomic mass is 16.3.